The lowest BCUT2D eigenvalue weighted by molar-refractivity contribution is -0.138. The van der Waals surface area contributed by atoms with Crippen LogP contribution in [-0.4, -0.2) is 55.4 Å². The van der Waals surface area contributed by atoms with E-state index < -0.39 is 5.97 Å². The lowest BCUT2D eigenvalue weighted by atomic mass is 9.94. The highest BCUT2D eigenvalue weighted by Crippen LogP contribution is 2.14. The zero-order valence-corrected chi connectivity index (χ0v) is 13.3. The number of carboxylic acids is 1. The Labute approximate surface area is 127 Å². The van der Waals surface area contributed by atoms with Crippen molar-refractivity contribution >= 4 is 12.0 Å². The third kappa shape index (κ3) is 9.90. The number of aliphatic carboxylic acids is 1. The van der Waals surface area contributed by atoms with Crippen LogP contribution in [0.2, 0.25) is 0 Å². The fourth-order valence-corrected chi connectivity index (χ4v) is 2.13. The predicted octanol–water partition coefficient (Wildman–Crippen LogP) is 1.97. The van der Waals surface area contributed by atoms with Gasteiger partial charge >= 0.3 is 12.0 Å². The molecule has 0 aromatic heterocycles. The van der Waals surface area contributed by atoms with Gasteiger partial charge in [-0.15, -0.1) is 6.58 Å². The Morgan fingerprint density at radius 2 is 2.10 bits per heavy atom. The van der Waals surface area contributed by atoms with Gasteiger partial charge in [0.15, 0.2) is 0 Å². The molecule has 0 bridgehead atoms. The molecule has 0 unspecified atom stereocenters. The van der Waals surface area contributed by atoms with Gasteiger partial charge in [0.25, 0.3) is 0 Å². The van der Waals surface area contributed by atoms with Crippen LogP contribution in [0.25, 0.3) is 0 Å². The van der Waals surface area contributed by atoms with Crippen molar-refractivity contribution in [2.45, 2.75) is 26.7 Å². The molecule has 1 atom stereocenters. The second-order valence-corrected chi connectivity index (χ2v) is 5.51. The fourth-order valence-electron chi connectivity index (χ4n) is 2.13. The highest BCUT2D eigenvalue weighted by molar-refractivity contribution is 5.74. The molecule has 0 saturated carbocycles. The van der Waals surface area contributed by atoms with Gasteiger partial charge in [0.1, 0.15) is 0 Å². The minimum atomic E-state index is -0.836. The third-order valence-electron chi connectivity index (χ3n) is 3.01. The first-order valence-corrected chi connectivity index (χ1v) is 7.25. The van der Waals surface area contributed by atoms with Crippen molar-refractivity contribution in [1.82, 2.24) is 10.2 Å². The molecule has 21 heavy (non-hydrogen) atoms. The molecule has 0 spiro atoms. The van der Waals surface area contributed by atoms with Gasteiger partial charge in [0.05, 0.1) is 6.61 Å². The number of nitrogens with zero attached hydrogens (tertiary/aromatic N) is 1. The van der Waals surface area contributed by atoms with Crippen LogP contribution in [0, 0.1) is 11.8 Å². The second-order valence-electron chi connectivity index (χ2n) is 5.51. The number of urea groups is 1. The van der Waals surface area contributed by atoms with Crippen LogP contribution in [-0.2, 0) is 9.53 Å². The summed E-state index contributed by atoms with van der Waals surface area (Å²) in [5.74, 6) is -0.499. The molecular formula is C15H28N2O4. The Hall–Kier alpha value is -1.56. The summed E-state index contributed by atoms with van der Waals surface area (Å²) in [5, 5.41) is 11.7. The molecule has 0 fully saturated rings. The van der Waals surface area contributed by atoms with Crippen LogP contribution in [0.3, 0.4) is 0 Å². The van der Waals surface area contributed by atoms with E-state index in [-0.39, 0.29) is 18.4 Å². The topological polar surface area (TPSA) is 78.9 Å². The zero-order chi connectivity index (χ0) is 16.3. The van der Waals surface area contributed by atoms with Crippen molar-refractivity contribution in [3.05, 3.63) is 12.7 Å². The summed E-state index contributed by atoms with van der Waals surface area (Å²) in [6.45, 7) is 9.43. The van der Waals surface area contributed by atoms with E-state index in [1.165, 1.54) is 0 Å². The van der Waals surface area contributed by atoms with Crippen LogP contribution < -0.4 is 5.32 Å². The third-order valence-corrected chi connectivity index (χ3v) is 3.01. The number of nitrogens with one attached hydrogen (secondary N) is 1. The maximum Gasteiger partial charge on any atom is 0.317 e. The molecule has 0 aliphatic rings. The van der Waals surface area contributed by atoms with Crippen molar-refractivity contribution in [3.63, 3.8) is 0 Å². The Bertz CT molecular complexity index is 332. The number of amides is 2. The van der Waals surface area contributed by atoms with Crippen molar-refractivity contribution in [1.29, 1.82) is 0 Å². The number of carbonyl (C=O) groups is 2. The van der Waals surface area contributed by atoms with Crippen molar-refractivity contribution < 1.29 is 19.4 Å². The summed E-state index contributed by atoms with van der Waals surface area (Å²) in [6, 6.07) is -0.217. The predicted molar refractivity (Wildman–Crippen MR) is 82.2 cm³/mol. The molecule has 0 rings (SSSR count). The average Bonchev–Trinajstić information content (AvgIpc) is 2.39. The lowest BCUT2D eigenvalue weighted by Crippen LogP contribution is -2.43. The molecule has 0 aromatic rings. The average molecular weight is 300 g/mol. The molecule has 6 heteroatoms. The van der Waals surface area contributed by atoms with Gasteiger partial charge in [-0.05, 0) is 18.3 Å². The van der Waals surface area contributed by atoms with Crippen LogP contribution in [0.15, 0.2) is 12.7 Å². The van der Waals surface area contributed by atoms with E-state index in [9.17, 15) is 9.59 Å². The van der Waals surface area contributed by atoms with Gasteiger partial charge in [-0.25, -0.2) is 4.79 Å². The molecule has 0 aliphatic carbocycles. The molecule has 0 radical (unpaired) electrons. The molecule has 2 N–H and O–H groups in total. The van der Waals surface area contributed by atoms with Crippen molar-refractivity contribution in [2.75, 3.05) is 33.4 Å². The van der Waals surface area contributed by atoms with E-state index in [1.54, 1.807) is 18.1 Å². The fraction of sp³-hybridized carbons (Fsp3) is 0.733. The molecular weight excluding hydrogens is 272 g/mol. The Balaban J connectivity index is 4.41. The quantitative estimate of drug-likeness (QED) is 0.572. The standard InChI is InChI=1S/C15H28N2O4/c1-5-6-17(7-8-21-4)15(20)16-11-13(9-12(2)3)10-14(18)19/h5,12-13H,1,6-11H2,2-4H3,(H,16,20)(H,18,19)/t13-/m0/s1. The number of ether oxygens (including phenoxy) is 1. The molecule has 0 saturated heterocycles. The summed E-state index contributed by atoms with van der Waals surface area (Å²) in [4.78, 5) is 24.5. The summed E-state index contributed by atoms with van der Waals surface area (Å²) in [6.07, 6.45) is 2.49. The number of hydrogen-bond acceptors (Lipinski definition) is 3. The number of rotatable bonds is 11. The van der Waals surface area contributed by atoms with E-state index in [0.29, 0.717) is 32.2 Å². The Morgan fingerprint density at radius 1 is 1.43 bits per heavy atom. The van der Waals surface area contributed by atoms with E-state index in [2.05, 4.69) is 11.9 Å². The van der Waals surface area contributed by atoms with E-state index in [0.717, 1.165) is 6.42 Å². The number of methoxy groups -OCH3 is 1. The smallest absolute Gasteiger partial charge is 0.317 e. The molecule has 0 aliphatic heterocycles. The number of hydrogen-bond donors (Lipinski definition) is 2. The summed E-state index contributed by atoms with van der Waals surface area (Å²) < 4.78 is 4.97. The maximum atomic E-state index is 12.1. The first-order valence-electron chi connectivity index (χ1n) is 7.25. The number of carboxylic acid groups (broad SMARTS) is 1. The molecule has 0 heterocycles. The van der Waals surface area contributed by atoms with Crippen LogP contribution >= 0.6 is 0 Å². The summed E-state index contributed by atoms with van der Waals surface area (Å²) >= 11 is 0. The highest BCUT2D eigenvalue weighted by Gasteiger charge is 2.18. The Morgan fingerprint density at radius 3 is 2.57 bits per heavy atom. The summed E-state index contributed by atoms with van der Waals surface area (Å²) in [5.41, 5.74) is 0. The highest BCUT2D eigenvalue weighted by atomic mass is 16.5. The molecule has 122 valence electrons. The van der Waals surface area contributed by atoms with Crippen molar-refractivity contribution in [3.8, 4) is 0 Å². The van der Waals surface area contributed by atoms with Gasteiger partial charge in [0, 0.05) is 33.2 Å². The van der Waals surface area contributed by atoms with E-state index in [1.807, 2.05) is 13.8 Å². The van der Waals surface area contributed by atoms with E-state index >= 15 is 0 Å². The van der Waals surface area contributed by atoms with E-state index in [4.69, 9.17) is 9.84 Å². The van der Waals surface area contributed by atoms with Crippen molar-refractivity contribution in [2.24, 2.45) is 11.8 Å². The van der Waals surface area contributed by atoms with Gasteiger partial charge in [-0.3, -0.25) is 4.79 Å². The monoisotopic (exact) mass is 300 g/mol. The van der Waals surface area contributed by atoms with Crippen LogP contribution in [0.1, 0.15) is 26.7 Å². The normalized spacial score (nSPS) is 12.0. The SMILES string of the molecule is C=CCN(CCOC)C(=O)NC[C@H](CC(=O)O)CC(C)C. The van der Waals surface area contributed by atoms with Crippen LogP contribution in [0.4, 0.5) is 4.79 Å². The van der Waals surface area contributed by atoms with Gasteiger partial charge in [-0.1, -0.05) is 19.9 Å². The molecule has 6 nitrogen and oxygen atoms in total. The Kier molecular flexibility index (Phi) is 10.3. The largest absolute Gasteiger partial charge is 0.481 e. The number of carbonyl (C=O) groups excluding carboxylic acids is 1. The van der Waals surface area contributed by atoms with Gasteiger partial charge in [-0.2, -0.15) is 0 Å². The van der Waals surface area contributed by atoms with Gasteiger partial charge < -0.3 is 20.1 Å². The van der Waals surface area contributed by atoms with Crippen LogP contribution in [0.5, 0.6) is 0 Å². The minimum absolute atomic E-state index is 0.0561. The molecule has 2 amide bonds. The maximum absolute atomic E-state index is 12.1. The summed E-state index contributed by atoms with van der Waals surface area (Å²) in [7, 11) is 1.58. The second kappa shape index (κ2) is 11.1. The minimum Gasteiger partial charge on any atom is -0.481 e. The lowest BCUT2D eigenvalue weighted by Gasteiger charge is -2.23. The molecule has 0 aromatic carbocycles. The van der Waals surface area contributed by atoms with Gasteiger partial charge in [0.2, 0.25) is 0 Å². The first-order chi connectivity index (χ1) is 9.90. The zero-order valence-electron chi connectivity index (χ0n) is 13.3. The first kappa shape index (κ1) is 19.4.